The number of aromatic nitrogens is 2. The fourth-order valence-electron chi connectivity index (χ4n) is 8.69. The third-order valence-electron chi connectivity index (χ3n) is 12.0. The summed E-state index contributed by atoms with van der Waals surface area (Å²) < 4.78 is 18.7. The largest absolute Gasteiger partial charge is 0.478 e. The number of carbonyl (C=O) groups excluding carboxylic acids is 2. The van der Waals surface area contributed by atoms with Crippen molar-refractivity contribution in [1.82, 2.24) is 9.97 Å². The maximum absolute atomic E-state index is 13.4. The first-order valence-electron chi connectivity index (χ1n) is 22.8. The molecule has 4 heterocycles. The number of aromatic carboxylic acids is 1. The standard InChI is InChI=1S/C28H24N2O5.C27H24N2O2S.CO2.CH4/c1-4-30(5-2)17-11-12-20-23(15-17)35-28(33)25(24(20)18-8-6-7-9-19(18)27(31)32)26-29-21-14-16(3)10-13-22(21)34-26;1-4-29(5-2)19-12-13-20-22(16-19)31-27(30)25(24(20)18-9-7-6-8-10-18)26-28-21-14-11-17(3)15-23(21)32-26;2-1-3;/h6-15H,4-5H2,1-3H3,(H,31,32);6-16H,4-5H2,1-3H3;;1H4. The van der Waals surface area contributed by atoms with E-state index in [2.05, 4.69) is 67.6 Å². The van der Waals surface area contributed by atoms with Gasteiger partial charge in [-0.2, -0.15) is 9.59 Å². The molecule has 0 unspecified atom stereocenters. The summed E-state index contributed by atoms with van der Waals surface area (Å²) in [6.45, 7) is 15.7. The molecule has 0 saturated carbocycles. The Bertz CT molecular complexity index is 3710. The zero-order valence-corrected chi connectivity index (χ0v) is 40.2. The summed E-state index contributed by atoms with van der Waals surface area (Å²) in [5.41, 5.74) is 9.47. The van der Waals surface area contributed by atoms with Gasteiger partial charge in [-0.1, -0.05) is 68.1 Å². The normalized spacial score (nSPS) is 10.8. The van der Waals surface area contributed by atoms with Gasteiger partial charge in [0.05, 0.1) is 15.8 Å². The van der Waals surface area contributed by atoms with E-state index in [0.717, 1.165) is 69.8 Å². The van der Waals surface area contributed by atoms with Crippen molar-refractivity contribution in [3.63, 3.8) is 0 Å². The number of hydrogen-bond donors (Lipinski definition) is 1. The molecule has 71 heavy (non-hydrogen) atoms. The predicted octanol–water partition coefficient (Wildman–Crippen LogP) is 13.1. The monoisotopic (exact) mass is 968 g/mol. The van der Waals surface area contributed by atoms with Gasteiger partial charge >= 0.3 is 23.4 Å². The third kappa shape index (κ3) is 10.2. The van der Waals surface area contributed by atoms with Crippen molar-refractivity contribution in [3.05, 3.63) is 165 Å². The molecule has 0 radical (unpaired) electrons. The second-order valence-electron chi connectivity index (χ2n) is 16.3. The van der Waals surface area contributed by atoms with Crippen LogP contribution in [0.25, 0.3) is 87.5 Å². The van der Waals surface area contributed by atoms with Gasteiger partial charge in [0, 0.05) is 71.6 Å². The lowest BCUT2D eigenvalue weighted by atomic mass is 9.93. The Morgan fingerprint density at radius 1 is 0.592 bits per heavy atom. The molecule has 0 fully saturated rings. The Morgan fingerprint density at radius 3 is 1.75 bits per heavy atom. The average Bonchev–Trinajstić information content (AvgIpc) is 3.98. The summed E-state index contributed by atoms with van der Waals surface area (Å²) >= 11 is 1.53. The lowest BCUT2D eigenvalue weighted by Gasteiger charge is -2.21. The number of nitrogens with zero attached hydrogens (tertiary/aromatic N) is 4. The number of oxazole rings is 1. The molecule has 0 saturated heterocycles. The topological polar surface area (TPSA) is 177 Å². The molecular weight excluding hydrogens is 917 g/mol. The number of anilines is 2. The highest BCUT2D eigenvalue weighted by Crippen LogP contribution is 2.41. The van der Waals surface area contributed by atoms with E-state index in [4.69, 9.17) is 27.8 Å². The van der Waals surface area contributed by atoms with Gasteiger partial charge in [-0.25, -0.2) is 24.4 Å². The Hall–Kier alpha value is -8.45. The lowest BCUT2D eigenvalue weighted by molar-refractivity contribution is -0.191. The van der Waals surface area contributed by atoms with Gasteiger partial charge in [0.2, 0.25) is 5.89 Å². The van der Waals surface area contributed by atoms with Crippen molar-refractivity contribution in [1.29, 1.82) is 0 Å². The molecule has 0 spiro atoms. The highest BCUT2D eigenvalue weighted by molar-refractivity contribution is 7.21. The van der Waals surface area contributed by atoms with Crippen LogP contribution in [-0.4, -0.2) is 53.4 Å². The van der Waals surface area contributed by atoms with Crippen LogP contribution in [0.1, 0.15) is 56.6 Å². The number of carboxylic acid groups (broad SMARTS) is 1. The molecule has 14 heteroatoms. The Balaban J connectivity index is 0.000000196. The Morgan fingerprint density at radius 2 is 1.14 bits per heavy atom. The quantitative estimate of drug-likeness (QED) is 0.121. The van der Waals surface area contributed by atoms with Crippen LogP contribution in [0.3, 0.4) is 0 Å². The first-order chi connectivity index (χ1) is 33.9. The van der Waals surface area contributed by atoms with E-state index in [1.165, 1.54) is 23.0 Å². The number of benzene rings is 6. The van der Waals surface area contributed by atoms with E-state index in [1.54, 1.807) is 24.3 Å². The molecule has 10 rings (SSSR count). The van der Waals surface area contributed by atoms with Gasteiger partial charge < -0.3 is 28.2 Å². The van der Waals surface area contributed by atoms with Crippen LogP contribution in [-0.2, 0) is 9.59 Å². The van der Waals surface area contributed by atoms with Crippen molar-refractivity contribution in [2.45, 2.75) is 49.0 Å². The number of carboxylic acids is 1. The van der Waals surface area contributed by atoms with Crippen LogP contribution >= 0.6 is 11.3 Å². The predicted molar refractivity (Wildman–Crippen MR) is 283 cm³/mol. The molecule has 0 atom stereocenters. The van der Waals surface area contributed by atoms with Crippen molar-refractivity contribution in [2.75, 3.05) is 36.0 Å². The molecule has 1 N–H and O–H groups in total. The maximum atomic E-state index is 13.4. The number of hydrogen-bond acceptors (Lipinski definition) is 13. The first kappa shape index (κ1) is 50.4. The van der Waals surface area contributed by atoms with Crippen LogP contribution in [0.2, 0.25) is 0 Å². The molecule has 0 bridgehead atoms. The fourth-order valence-corrected chi connectivity index (χ4v) is 9.80. The van der Waals surface area contributed by atoms with E-state index in [1.807, 2.05) is 85.8 Å². The minimum atomic E-state index is -1.10. The highest BCUT2D eigenvalue weighted by Gasteiger charge is 2.26. The molecule has 0 aliphatic heterocycles. The molecule has 0 aliphatic carbocycles. The van der Waals surface area contributed by atoms with Crippen LogP contribution < -0.4 is 21.1 Å². The number of aryl methyl sites for hydroxylation is 2. The van der Waals surface area contributed by atoms with Crippen molar-refractivity contribution in [2.24, 2.45) is 0 Å². The van der Waals surface area contributed by atoms with E-state index in [0.29, 0.717) is 49.3 Å². The Kier molecular flexibility index (Phi) is 15.5. The SMILES string of the molecule is C.CCN(CC)c1ccc2c(-c3ccccc3)c(-c3nc4ccc(C)cc4s3)c(=O)oc2c1.CCN(CC)c1ccc2c(-c3ccccc3C(=O)O)c(-c3nc4cc(C)ccc4o3)c(=O)oc2c1.O=C=O. The summed E-state index contributed by atoms with van der Waals surface area (Å²) in [6.07, 6.45) is 0.250. The van der Waals surface area contributed by atoms with Crippen LogP contribution in [0.15, 0.2) is 150 Å². The van der Waals surface area contributed by atoms with Gasteiger partial charge in [0.1, 0.15) is 32.8 Å². The number of thiazole rings is 1. The third-order valence-corrected chi connectivity index (χ3v) is 13.1. The first-order valence-corrected chi connectivity index (χ1v) is 23.6. The fraction of sp³-hybridized carbons (Fsp3) is 0.193. The lowest BCUT2D eigenvalue weighted by Crippen LogP contribution is -2.21. The van der Waals surface area contributed by atoms with Gasteiger partial charge in [-0.15, -0.1) is 11.3 Å². The zero-order valence-electron chi connectivity index (χ0n) is 39.4. The van der Waals surface area contributed by atoms with Crippen LogP contribution in [0.4, 0.5) is 11.4 Å². The van der Waals surface area contributed by atoms with Gasteiger partial charge in [-0.05, 0) is 118 Å². The number of carbonyl (C=O) groups is 1. The molecule has 6 aromatic carbocycles. The second kappa shape index (κ2) is 21.9. The van der Waals surface area contributed by atoms with Crippen molar-refractivity contribution < 1.29 is 32.7 Å². The van der Waals surface area contributed by atoms with E-state index >= 15 is 0 Å². The summed E-state index contributed by atoms with van der Waals surface area (Å²) in [5, 5.41) is 12.1. The maximum Gasteiger partial charge on any atom is 0.373 e. The van der Waals surface area contributed by atoms with Gasteiger partial charge in [0.25, 0.3) is 0 Å². The molecule has 0 amide bonds. The van der Waals surface area contributed by atoms with Crippen molar-refractivity contribution in [3.8, 4) is 44.3 Å². The minimum Gasteiger partial charge on any atom is -0.478 e. The van der Waals surface area contributed by atoms with E-state index < -0.39 is 11.6 Å². The highest BCUT2D eigenvalue weighted by atomic mass is 32.1. The summed E-state index contributed by atoms with van der Waals surface area (Å²) in [4.78, 5) is 68.9. The smallest absolute Gasteiger partial charge is 0.373 e. The minimum absolute atomic E-state index is 0. The van der Waals surface area contributed by atoms with Crippen molar-refractivity contribution >= 4 is 78.1 Å². The van der Waals surface area contributed by atoms with E-state index in [9.17, 15) is 19.5 Å². The molecule has 13 nitrogen and oxygen atoms in total. The molecular formula is C57H52N4O9S. The summed E-state index contributed by atoms with van der Waals surface area (Å²) in [7, 11) is 0. The number of rotatable bonds is 11. The molecule has 4 aromatic heterocycles. The average molecular weight is 969 g/mol. The van der Waals surface area contributed by atoms with E-state index in [-0.39, 0.29) is 36.2 Å². The van der Waals surface area contributed by atoms with Crippen LogP contribution in [0.5, 0.6) is 0 Å². The molecule has 360 valence electrons. The van der Waals surface area contributed by atoms with Gasteiger partial charge in [-0.3, -0.25) is 0 Å². The summed E-state index contributed by atoms with van der Waals surface area (Å²) in [5.74, 6) is -1.01. The summed E-state index contributed by atoms with van der Waals surface area (Å²) in [6, 6.07) is 40.1. The zero-order chi connectivity index (χ0) is 49.6. The molecule has 0 aliphatic rings. The van der Waals surface area contributed by atoms with Crippen LogP contribution in [0, 0.1) is 13.8 Å². The second-order valence-corrected chi connectivity index (χ2v) is 17.3. The Labute approximate surface area is 413 Å². The molecule has 10 aromatic rings. The number of fused-ring (bicyclic) bond motifs is 4. The van der Waals surface area contributed by atoms with Gasteiger partial charge in [0.15, 0.2) is 5.58 Å².